The second-order valence-electron chi connectivity index (χ2n) is 2.75. The first kappa shape index (κ1) is 15.5. The maximum absolute atomic E-state index is 5.66. The van der Waals surface area contributed by atoms with Crippen LogP contribution in [0, 0.1) is 0 Å². The van der Waals surface area contributed by atoms with Crippen molar-refractivity contribution in [2.45, 2.75) is 6.54 Å². The normalized spacial score (nSPS) is 10.9. The smallest absolute Gasteiger partial charge is 0.153 e. The van der Waals surface area contributed by atoms with Crippen LogP contribution in [0.4, 0.5) is 0 Å². The van der Waals surface area contributed by atoms with Gasteiger partial charge in [-0.15, -0.1) is 0 Å². The summed E-state index contributed by atoms with van der Waals surface area (Å²) >= 11 is 5.66. The molecule has 0 spiro atoms. The van der Waals surface area contributed by atoms with Crippen LogP contribution in [-0.4, -0.2) is 13.1 Å². The Morgan fingerprint density at radius 1 is 1.15 bits per heavy atom. The fourth-order valence-electron chi connectivity index (χ4n) is 0.992. The summed E-state index contributed by atoms with van der Waals surface area (Å²) in [5, 5.41) is 0. The highest BCUT2D eigenvalue weighted by atomic mass is 35.5. The molecule has 0 heterocycles. The molecular weight excluding hydrogens is 228 g/mol. The largest absolute Gasteiger partial charge is 1.00 e. The molecule has 4 heteroatoms. The SMILES string of the molecule is C[NH+](CCl)Cc1ccccc1.[Cl-].[Cl-]. The van der Waals surface area contributed by atoms with E-state index in [0.29, 0.717) is 6.00 Å². The van der Waals surface area contributed by atoms with E-state index in [1.165, 1.54) is 10.5 Å². The molecule has 1 aromatic carbocycles. The van der Waals surface area contributed by atoms with Crippen molar-refractivity contribution in [3.63, 3.8) is 0 Å². The van der Waals surface area contributed by atoms with E-state index in [1.807, 2.05) is 6.07 Å². The molecule has 0 fully saturated rings. The zero-order chi connectivity index (χ0) is 8.10. The summed E-state index contributed by atoms with van der Waals surface area (Å²) in [5.74, 6) is 0. The minimum Gasteiger partial charge on any atom is -1.00 e. The predicted molar refractivity (Wildman–Crippen MR) is 47.8 cm³/mol. The van der Waals surface area contributed by atoms with Gasteiger partial charge in [0.2, 0.25) is 0 Å². The van der Waals surface area contributed by atoms with Gasteiger partial charge < -0.3 is 29.7 Å². The van der Waals surface area contributed by atoms with Crippen molar-refractivity contribution >= 4 is 11.6 Å². The summed E-state index contributed by atoms with van der Waals surface area (Å²) in [4.78, 5) is 1.32. The summed E-state index contributed by atoms with van der Waals surface area (Å²) in [6, 6.07) is 11.0. The van der Waals surface area contributed by atoms with Crippen molar-refractivity contribution in [2.75, 3.05) is 13.1 Å². The van der Waals surface area contributed by atoms with Crippen LogP contribution >= 0.6 is 11.6 Å². The first-order chi connectivity index (χ1) is 5.33. The van der Waals surface area contributed by atoms with Gasteiger partial charge in [-0.1, -0.05) is 41.9 Å². The van der Waals surface area contributed by atoms with Gasteiger partial charge in [0.1, 0.15) is 6.54 Å². The van der Waals surface area contributed by atoms with Crippen molar-refractivity contribution in [3.8, 4) is 0 Å². The molecule has 1 N–H and O–H groups in total. The average Bonchev–Trinajstić information content (AvgIpc) is 2.06. The van der Waals surface area contributed by atoms with Gasteiger partial charge in [0.15, 0.2) is 6.00 Å². The van der Waals surface area contributed by atoms with Crippen molar-refractivity contribution in [1.82, 2.24) is 0 Å². The van der Waals surface area contributed by atoms with E-state index in [2.05, 4.69) is 31.3 Å². The van der Waals surface area contributed by atoms with Crippen LogP contribution in [0.5, 0.6) is 0 Å². The Morgan fingerprint density at radius 2 is 1.69 bits per heavy atom. The Labute approximate surface area is 96.9 Å². The van der Waals surface area contributed by atoms with Gasteiger partial charge in [0.25, 0.3) is 0 Å². The topological polar surface area (TPSA) is 4.44 Å². The van der Waals surface area contributed by atoms with E-state index in [0.717, 1.165) is 6.54 Å². The fourth-order valence-corrected chi connectivity index (χ4v) is 1.09. The molecule has 1 atom stereocenters. The Balaban J connectivity index is 0. The molecule has 0 aliphatic heterocycles. The molecule has 0 saturated carbocycles. The third-order valence-electron chi connectivity index (χ3n) is 1.58. The molecule has 13 heavy (non-hydrogen) atoms. The third kappa shape index (κ3) is 6.17. The first-order valence-electron chi connectivity index (χ1n) is 3.74. The Kier molecular flexibility index (Phi) is 10.3. The maximum Gasteiger partial charge on any atom is 0.153 e. The van der Waals surface area contributed by atoms with Gasteiger partial charge in [-0.3, -0.25) is 0 Å². The number of nitrogens with one attached hydrogen (secondary N) is 1. The zero-order valence-electron chi connectivity index (χ0n) is 7.43. The molecule has 1 nitrogen and oxygen atoms in total. The van der Waals surface area contributed by atoms with E-state index in [-0.39, 0.29) is 24.8 Å². The number of halogens is 3. The second-order valence-corrected chi connectivity index (χ2v) is 3.02. The third-order valence-corrected chi connectivity index (χ3v) is 2.03. The van der Waals surface area contributed by atoms with E-state index in [1.54, 1.807) is 0 Å². The van der Waals surface area contributed by atoms with Gasteiger partial charge in [0.05, 0.1) is 7.05 Å². The lowest BCUT2D eigenvalue weighted by molar-refractivity contribution is -0.882. The number of alkyl halides is 1. The van der Waals surface area contributed by atoms with Crippen LogP contribution in [0.3, 0.4) is 0 Å². The molecule has 1 unspecified atom stereocenters. The summed E-state index contributed by atoms with van der Waals surface area (Å²) in [6.45, 7) is 1.00. The number of rotatable bonds is 3. The lowest BCUT2D eigenvalue weighted by atomic mass is 10.2. The molecule has 1 rings (SSSR count). The predicted octanol–water partition coefficient (Wildman–Crippen LogP) is -5.09. The van der Waals surface area contributed by atoms with Gasteiger partial charge in [0, 0.05) is 5.56 Å². The minimum absolute atomic E-state index is 0. The monoisotopic (exact) mass is 240 g/mol. The molecule has 1 aromatic rings. The highest BCUT2D eigenvalue weighted by Crippen LogP contribution is 1.94. The molecule has 76 valence electrons. The molecule has 0 radical (unpaired) electrons. The van der Waals surface area contributed by atoms with Crippen molar-refractivity contribution < 1.29 is 29.7 Å². The van der Waals surface area contributed by atoms with Gasteiger partial charge in [-0.25, -0.2) is 0 Å². The van der Waals surface area contributed by atoms with Gasteiger partial charge in [-0.05, 0) is 0 Å². The van der Waals surface area contributed by atoms with Crippen LogP contribution in [0.2, 0.25) is 0 Å². The lowest BCUT2D eigenvalue weighted by Gasteiger charge is -2.08. The van der Waals surface area contributed by atoms with Crippen molar-refractivity contribution in [3.05, 3.63) is 35.9 Å². The fraction of sp³-hybridized carbons (Fsp3) is 0.333. The molecule has 0 bridgehead atoms. The van der Waals surface area contributed by atoms with E-state index >= 15 is 0 Å². The molecule has 0 amide bonds. The molecular formula is C9H13Cl3N-. The highest BCUT2D eigenvalue weighted by molar-refractivity contribution is 6.16. The Hall–Kier alpha value is 0.0500. The van der Waals surface area contributed by atoms with E-state index < -0.39 is 0 Å². The van der Waals surface area contributed by atoms with Crippen LogP contribution in [0.25, 0.3) is 0 Å². The summed E-state index contributed by atoms with van der Waals surface area (Å²) in [5.41, 5.74) is 1.34. The van der Waals surface area contributed by atoms with Gasteiger partial charge >= 0.3 is 0 Å². The van der Waals surface area contributed by atoms with Crippen LogP contribution in [0.15, 0.2) is 30.3 Å². The lowest BCUT2D eigenvalue weighted by Crippen LogP contribution is -3.06. The van der Waals surface area contributed by atoms with Crippen molar-refractivity contribution in [2.24, 2.45) is 0 Å². The summed E-state index contributed by atoms with van der Waals surface area (Å²) in [7, 11) is 2.08. The zero-order valence-corrected chi connectivity index (χ0v) is 9.70. The Bertz CT molecular complexity index is 203. The highest BCUT2D eigenvalue weighted by Gasteiger charge is 1.98. The standard InChI is InChI=1S/C9H12ClN.2ClH/c1-11(8-10)7-9-5-3-2-4-6-9;;/h2-6H,7-8H2,1H3;2*1H/p-1. The molecule has 0 aromatic heterocycles. The van der Waals surface area contributed by atoms with Crippen LogP contribution < -0.4 is 29.7 Å². The van der Waals surface area contributed by atoms with Crippen LogP contribution in [-0.2, 0) is 6.54 Å². The molecule has 0 saturated heterocycles. The molecule has 0 aliphatic carbocycles. The minimum atomic E-state index is 0. The number of quaternary nitrogens is 1. The number of hydrogen-bond donors (Lipinski definition) is 1. The number of hydrogen-bond acceptors (Lipinski definition) is 0. The maximum atomic E-state index is 5.66. The summed E-state index contributed by atoms with van der Waals surface area (Å²) < 4.78 is 0. The number of benzene rings is 1. The summed E-state index contributed by atoms with van der Waals surface area (Å²) in [6.07, 6.45) is 0. The average molecular weight is 242 g/mol. The first-order valence-corrected chi connectivity index (χ1v) is 4.27. The van der Waals surface area contributed by atoms with Crippen LogP contribution in [0.1, 0.15) is 5.56 Å². The van der Waals surface area contributed by atoms with E-state index in [9.17, 15) is 0 Å². The second kappa shape index (κ2) is 8.64. The Morgan fingerprint density at radius 3 is 2.15 bits per heavy atom. The van der Waals surface area contributed by atoms with Gasteiger partial charge in [-0.2, -0.15) is 0 Å². The van der Waals surface area contributed by atoms with E-state index in [4.69, 9.17) is 11.6 Å². The van der Waals surface area contributed by atoms with Crippen molar-refractivity contribution in [1.29, 1.82) is 0 Å². The molecule has 0 aliphatic rings. The quantitative estimate of drug-likeness (QED) is 0.399.